The molecule has 1 N–H and O–H groups in total. The molecule has 0 bridgehead atoms. The Morgan fingerprint density at radius 3 is 2.88 bits per heavy atom. The number of thioether (sulfide) groups is 1. The van der Waals surface area contributed by atoms with Gasteiger partial charge in [-0.05, 0) is 44.5 Å². The first-order valence-corrected chi connectivity index (χ1v) is 13.0. The summed E-state index contributed by atoms with van der Waals surface area (Å²) in [6.07, 6.45) is 6.38. The number of aromatic nitrogens is 4. The minimum absolute atomic E-state index is 0.0406. The van der Waals surface area contributed by atoms with Gasteiger partial charge in [0.25, 0.3) is 11.1 Å². The van der Waals surface area contributed by atoms with E-state index >= 15 is 0 Å². The number of fused-ring (bicyclic) bond motifs is 1. The van der Waals surface area contributed by atoms with E-state index in [2.05, 4.69) is 26.3 Å². The van der Waals surface area contributed by atoms with E-state index in [1.807, 2.05) is 18.0 Å². The topological polar surface area (TPSA) is 94.3 Å². The van der Waals surface area contributed by atoms with E-state index in [9.17, 15) is 9.59 Å². The average Bonchev–Trinajstić information content (AvgIpc) is 3.08. The molecular formula is C24H28N6O3S. The van der Waals surface area contributed by atoms with E-state index < -0.39 is 0 Å². The lowest BCUT2D eigenvalue weighted by atomic mass is 10.0. The molecule has 0 aromatic carbocycles. The van der Waals surface area contributed by atoms with Gasteiger partial charge in [0.1, 0.15) is 11.2 Å². The van der Waals surface area contributed by atoms with Crippen LogP contribution in [0.5, 0.6) is 5.75 Å². The molecule has 0 aliphatic carbocycles. The van der Waals surface area contributed by atoms with E-state index in [-0.39, 0.29) is 17.2 Å². The molecule has 0 radical (unpaired) electrons. The zero-order chi connectivity index (χ0) is 23.1. The highest BCUT2D eigenvalue weighted by molar-refractivity contribution is 7.99. The van der Waals surface area contributed by atoms with E-state index in [4.69, 9.17) is 4.74 Å². The lowest BCUT2D eigenvalue weighted by Gasteiger charge is -2.34. The highest BCUT2D eigenvalue weighted by Gasteiger charge is 2.29. The maximum Gasteiger partial charge on any atom is 0.270 e. The normalized spacial score (nSPS) is 20.8. The Hall–Kier alpha value is -2.69. The number of rotatable bonds is 5. The maximum absolute atomic E-state index is 12.6. The second-order valence-electron chi connectivity index (χ2n) is 9.24. The van der Waals surface area contributed by atoms with Crippen molar-refractivity contribution in [3.63, 3.8) is 0 Å². The Morgan fingerprint density at radius 1 is 1.12 bits per heavy atom. The molecular weight excluding hydrogens is 452 g/mol. The third-order valence-electron chi connectivity index (χ3n) is 6.99. The molecule has 6 rings (SSSR count). The monoisotopic (exact) mass is 480 g/mol. The number of nitrogens with zero attached hydrogens (tertiary/aromatic N) is 5. The molecule has 6 heterocycles. The summed E-state index contributed by atoms with van der Waals surface area (Å²) >= 11 is 1.85. The summed E-state index contributed by atoms with van der Waals surface area (Å²) in [5.41, 5.74) is 2.19. The second-order valence-corrected chi connectivity index (χ2v) is 10.4. The summed E-state index contributed by atoms with van der Waals surface area (Å²) in [4.78, 5) is 37.3. The molecule has 10 heteroatoms. The van der Waals surface area contributed by atoms with Gasteiger partial charge in [0, 0.05) is 37.5 Å². The molecule has 0 spiro atoms. The lowest BCUT2D eigenvalue weighted by Crippen LogP contribution is -2.44. The van der Waals surface area contributed by atoms with Crippen molar-refractivity contribution in [2.45, 2.75) is 49.3 Å². The van der Waals surface area contributed by atoms with Crippen molar-refractivity contribution in [1.82, 2.24) is 29.3 Å². The van der Waals surface area contributed by atoms with Crippen molar-refractivity contribution in [2.75, 3.05) is 32.0 Å². The lowest BCUT2D eigenvalue weighted by molar-refractivity contribution is 0.171. The summed E-state index contributed by atoms with van der Waals surface area (Å²) < 4.78 is 9.22. The van der Waals surface area contributed by atoms with Crippen LogP contribution in [0, 0.1) is 0 Å². The molecule has 3 aliphatic rings. The van der Waals surface area contributed by atoms with Crippen molar-refractivity contribution >= 4 is 22.9 Å². The van der Waals surface area contributed by atoms with Crippen molar-refractivity contribution in [3.8, 4) is 5.75 Å². The zero-order valence-electron chi connectivity index (χ0n) is 19.0. The van der Waals surface area contributed by atoms with Gasteiger partial charge in [-0.15, -0.1) is 11.8 Å². The van der Waals surface area contributed by atoms with Crippen LogP contribution in [0.1, 0.15) is 31.0 Å². The van der Waals surface area contributed by atoms with Gasteiger partial charge in [-0.1, -0.05) is 0 Å². The average molecular weight is 481 g/mol. The predicted octanol–water partition coefficient (Wildman–Crippen LogP) is 1.64. The standard InChI is InChI=1S/C24H28N6O3S/c31-22-3-2-19-24-29(22)15-18(30(24)23(32)13-27-19)14-28-6-4-16(5-7-28)25-11-17-10-21-20(12-26-17)33-8-1-9-34-21/h2-3,10,12-13,16,18,25H,1,4-9,11,14-15H2/t18-/m1/s1. The third kappa shape index (κ3) is 4.14. The molecule has 1 atom stereocenters. The molecule has 0 saturated carbocycles. The molecule has 3 aromatic rings. The van der Waals surface area contributed by atoms with Crippen LogP contribution in [-0.2, 0) is 13.1 Å². The van der Waals surface area contributed by atoms with Crippen LogP contribution in [-0.4, -0.2) is 62.0 Å². The molecule has 1 saturated heterocycles. The highest BCUT2D eigenvalue weighted by atomic mass is 32.2. The maximum atomic E-state index is 12.6. The van der Waals surface area contributed by atoms with Crippen LogP contribution >= 0.6 is 11.8 Å². The van der Waals surface area contributed by atoms with Crippen LogP contribution < -0.4 is 21.2 Å². The van der Waals surface area contributed by atoms with Crippen LogP contribution in [0.15, 0.2) is 45.1 Å². The van der Waals surface area contributed by atoms with Gasteiger partial charge in [0.05, 0.1) is 35.6 Å². The van der Waals surface area contributed by atoms with Gasteiger partial charge in [-0.2, -0.15) is 0 Å². The fraction of sp³-hybridized carbons (Fsp3) is 0.500. The molecule has 0 amide bonds. The molecule has 9 nitrogen and oxygen atoms in total. The van der Waals surface area contributed by atoms with Crippen LogP contribution in [0.3, 0.4) is 0 Å². The highest BCUT2D eigenvalue weighted by Crippen LogP contribution is 2.32. The summed E-state index contributed by atoms with van der Waals surface area (Å²) in [6.45, 7) is 4.73. The molecule has 178 valence electrons. The number of hydrogen-bond donors (Lipinski definition) is 1. The van der Waals surface area contributed by atoms with Gasteiger partial charge < -0.3 is 15.0 Å². The van der Waals surface area contributed by atoms with Crippen LogP contribution in [0.4, 0.5) is 0 Å². The smallest absolute Gasteiger partial charge is 0.270 e. The molecule has 34 heavy (non-hydrogen) atoms. The predicted molar refractivity (Wildman–Crippen MR) is 131 cm³/mol. The van der Waals surface area contributed by atoms with E-state index in [1.54, 1.807) is 15.2 Å². The number of piperidine rings is 1. The number of ether oxygens (including phenoxy) is 1. The van der Waals surface area contributed by atoms with Gasteiger partial charge in [-0.3, -0.25) is 23.7 Å². The fourth-order valence-corrected chi connectivity index (χ4v) is 6.19. The number of likely N-dealkylation sites (tertiary alicyclic amines) is 1. The minimum atomic E-state index is -0.136. The molecule has 3 aromatic heterocycles. The van der Waals surface area contributed by atoms with Crippen molar-refractivity contribution in [2.24, 2.45) is 0 Å². The first-order valence-electron chi connectivity index (χ1n) is 12.0. The van der Waals surface area contributed by atoms with Crippen molar-refractivity contribution in [3.05, 3.63) is 57.0 Å². The second kappa shape index (κ2) is 9.16. The summed E-state index contributed by atoms with van der Waals surface area (Å²) in [5.74, 6) is 1.99. The van der Waals surface area contributed by atoms with Gasteiger partial charge >= 0.3 is 0 Å². The van der Waals surface area contributed by atoms with E-state index in [0.29, 0.717) is 23.8 Å². The van der Waals surface area contributed by atoms with Crippen molar-refractivity contribution < 1.29 is 4.74 Å². The van der Waals surface area contributed by atoms with Gasteiger partial charge in [0.15, 0.2) is 5.75 Å². The minimum Gasteiger partial charge on any atom is -0.491 e. The molecule has 1 fully saturated rings. The SMILES string of the molecule is O=c1ccc2ncc(=O)n3c2n1C[C@H]3CN1CCC(NCc2cc3c(cn2)OCCCS3)CC1. The van der Waals surface area contributed by atoms with Gasteiger partial charge in [-0.25, -0.2) is 4.98 Å². The Kier molecular flexibility index (Phi) is 5.88. The Labute approximate surface area is 201 Å². The van der Waals surface area contributed by atoms with Crippen molar-refractivity contribution in [1.29, 1.82) is 0 Å². The Bertz CT molecular complexity index is 1330. The summed E-state index contributed by atoms with van der Waals surface area (Å²) in [6, 6.07) is 5.80. The largest absolute Gasteiger partial charge is 0.491 e. The Morgan fingerprint density at radius 2 is 2.00 bits per heavy atom. The molecule has 3 aliphatic heterocycles. The summed E-state index contributed by atoms with van der Waals surface area (Å²) in [5, 5.41) is 3.67. The zero-order valence-corrected chi connectivity index (χ0v) is 19.8. The van der Waals surface area contributed by atoms with Gasteiger partial charge in [0.2, 0.25) is 0 Å². The number of nitrogens with one attached hydrogen (secondary N) is 1. The number of pyridine rings is 2. The third-order valence-corrected chi connectivity index (χ3v) is 8.12. The first-order chi connectivity index (χ1) is 16.7. The quantitative estimate of drug-likeness (QED) is 0.589. The first kappa shape index (κ1) is 21.8. The number of hydrogen-bond acceptors (Lipinski definition) is 8. The van der Waals surface area contributed by atoms with E-state index in [0.717, 1.165) is 69.2 Å². The van der Waals surface area contributed by atoms with Crippen LogP contribution in [0.2, 0.25) is 0 Å². The van der Waals surface area contributed by atoms with Crippen LogP contribution in [0.25, 0.3) is 11.2 Å². The van der Waals surface area contributed by atoms with E-state index in [1.165, 1.54) is 17.2 Å². The fourth-order valence-electron chi connectivity index (χ4n) is 5.24. The summed E-state index contributed by atoms with van der Waals surface area (Å²) in [7, 11) is 0. The Balaban J connectivity index is 1.06. The molecule has 0 unspecified atom stereocenters.